The third-order valence-corrected chi connectivity index (χ3v) is 2.45. The van der Waals surface area contributed by atoms with Crippen molar-refractivity contribution in [1.82, 2.24) is 0 Å². The highest BCUT2D eigenvalue weighted by atomic mass is 19.1. The number of hydrogen-bond donors (Lipinski definition) is 0. The fourth-order valence-corrected chi connectivity index (χ4v) is 1.55. The topological polar surface area (TPSA) is 9.23 Å². The molecule has 0 bridgehead atoms. The largest absolute Gasteiger partial charge is 0.486 e. The van der Waals surface area contributed by atoms with Gasteiger partial charge >= 0.3 is 0 Å². The van der Waals surface area contributed by atoms with Crippen LogP contribution < -0.4 is 4.74 Å². The maximum Gasteiger partial charge on any atom is 0.126 e. The highest BCUT2D eigenvalue weighted by molar-refractivity contribution is 5.25. The molecule has 2 aromatic carbocycles. The summed E-state index contributed by atoms with van der Waals surface area (Å²) in [6.07, 6.45) is -0.252. The second-order valence-electron chi connectivity index (χ2n) is 3.77. The Balaban J connectivity index is 2.11. The molecule has 88 valence electrons. The minimum absolute atomic E-state index is 0.252. The Kier molecular flexibility index (Phi) is 3.38. The molecule has 17 heavy (non-hydrogen) atoms. The van der Waals surface area contributed by atoms with Crippen molar-refractivity contribution in [3.8, 4) is 5.75 Å². The Bertz CT molecular complexity index is 494. The van der Waals surface area contributed by atoms with Gasteiger partial charge in [0.2, 0.25) is 0 Å². The fraction of sp³-hybridized carbons (Fsp3) is 0.143. The van der Waals surface area contributed by atoms with Crippen LogP contribution in [0.2, 0.25) is 0 Å². The Hall–Kier alpha value is -1.90. The van der Waals surface area contributed by atoms with Crippen molar-refractivity contribution in [2.24, 2.45) is 0 Å². The summed E-state index contributed by atoms with van der Waals surface area (Å²) in [7, 11) is 0. The molecule has 0 saturated heterocycles. The van der Waals surface area contributed by atoms with Crippen LogP contribution in [0.4, 0.5) is 8.78 Å². The Labute approximate surface area is 98.7 Å². The van der Waals surface area contributed by atoms with E-state index in [-0.39, 0.29) is 17.7 Å². The number of hydrogen-bond acceptors (Lipinski definition) is 1. The predicted octanol–water partition coefficient (Wildman–Crippen LogP) is 4.10. The summed E-state index contributed by atoms with van der Waals surface area (Å²) in [6, 6.07) is 12.0. The zero-order chi connectivity index (χ0) is 12.3. The van der Waals surface area contributed by atoms with Gasteiger partial charge in [0.05, 0.1) is 0 Å². The standard InChI is InChI=1S/C14H12F2O/c1-10(11-5-7-12(15)8-6-11)17-14-4-2-3-13(16)9-14/h2-10H,1H3/t10-/m1/s1. The Morgan fingerprint density at radius 2 is 1.65 bits per heavy atom. The summed E-state index contributed by atoms with van der Waals surface area (Å²) < 4.78 is 31.2. The average Bonchev–Trinajstić information content (AvgIpc) is 2.29. The smallest absolute Gasteiger partial charge is 0.126 e. The minimum Gasteiger partial charge on any atom is -0.486 e. The van der Waals surface area contributed by atoms with E-state index in [1.54, 1.807) is 24.3 Å². The van der Waals surface area contributed by atoms with Crippen molar-refractivity contribution in [3.05, 3.63) is 65.7 Å². The highest BCUT2D eigenvalue weighted by Gasteiger charge is 2.07. The van der Waals surface area contributed by atoms with E-state index in [0.717, 1.165) is 5.56 Å². The van der Waals surface area contributed by atoms with Crippen molar-refractivity contribution in [2.45, 2.75) is 13.0 Å². The molecule has 0 aliphatic carbocycles. The second kappa shape index (κ2) is 4.95. The van der Waals surface area contributed by atoms with E-state index in [4.69, 9.17) is 4.74 Å². The van der Waals surface area contributed by atoms with Gasteiger partial charge in [-0.05, 0) is 36.8 Å². The van der Waals surface area contributed by atoms with Crippen molar-refractivity contribution >= 4 is 0 Å². The first kappa shape index (κ1) is 11.6. The Morgan fingerprint density at radius 1 is 0.941 bits per heavy atom. The maximum absolute atomic E-state index is 12.9. The van der Waals surface area contributed by atoms with Gasteiger partial charge in [0.25, 0.3) is 0 Å². The van der Waals surface area contributed by atoms with E-state index in [2.05, 4.69) is 0 Å². The lowest BCUT2D eigenvalue weighted by atomic mass is 10.1. The van der Waals surface area contributed by atoms with Crippen LogP contribution in [-0.2, 0) is 0 Å². The van der Waals surface area contributed by atoms with Crippen molar-refractivity contribution in [2.75, 3.05) is 0 Å². The summed E-state index contributed by atoms with van der Waals surface area (Å²) in [5.74, 6) is -0.165. The SMILES string of the molecule is C[C@@H](Oc1cccc(F)c1)c1ccc(F)cc1. The monoisotopic (exact) mass is 234 g/mol. The van der Waals surface area contributed by atoms with E-state index in [1.165, 1.54) is 24.3 Å². The van der Waals surface area contributed by atoms with Crippen LogP contribution >= 0.6 is 0 Å². The molecule has 0 amide bonds. The van der Waals surface area contributed by atoms with Crippen LogP contribution in [0.1, 0.15) is 18.6 Å². The molecular formula is C14H12F2O. The molecule has 0 fully saturated rings. The van der Waals surface area contributed by atoms with Gasteiger partial charge in [-0.25, -0.2) is 8.78 Å². The van der Waals surface area contributed by atoms with Gasteiger partial charge in [0, 0.05) is 6.07 Å². The summed E-state index contributed by atoms with van der Waals surface area (Å²) in [4.78, 5) is 0. The first-order valence-electron chi connectivity index (χ1n) is 5.33. The van der Waals surface area contributed by atoms with Crippen molar-refractivity contribution in [3.63, 3.8) is 0 Å². The van der Waals surface area contributed by atoms with E-state index < -0.39 is 0 Å². The molecule has 2 rings (SSSR count). The normalized spacial score (nSPS) is 12.2. The van der Waals surface area contributed by atoms with E-state index in [9.17, 15) is 8.78 Å². The summed E-state index contributed by atoms with van der Waals surface area (Å²) in [5.41, 5.74) is 0.843. The molecule has 2 aromatic rings. The third kappa shape index (κ3) is 3.03. The quantitative estimate of drug-likeness (QED) is 0.776. The molecule has 0 N–H and O–H groups in total. The van der Waals surface area contributed by atoms with Crippen LogP contribution in [0.5, 0.6) is 5.75 Å². The minimum atomic E-state index is -0.339. The number of ether oxygens (including phenoxy) is 1. The van der Waals surface area contributed by atoms with Crippen LogP contribution in [-0.4, -0.2) is 0 Å². The highest BCUT2D eigenvalue weighted by Crippen LogP contribution is 2.22. The summed E-state index contributed by atoms with van der Waals surface area (Å²) in [5, 5.41) is 0. The Morgan fingerprint density at radius 3 is 2.29 bits per heavy atom. The zero-order valence-corrected chi connectivity index (χ0v) is 9.36. The molecule has 1 atom stereocenters. The zero-order valence-electron chi connectivity index (χ0n) is 9.36. The molecule has 0 radical (unpaired) electrons. The molecule has 0 aromatic heterocycles. The lowest BCUT2D eigenvalue weighted by molar-refractivity contribution is 0.226. The first-order valence-corrected chi connectivity index (χ1v) is 5.33. The molecule has 0 aliphatic rings. The van der Waals surface area contributed by atoms with Crippen LogP contribution in [0, 0.1) is 11.6 Å². The molecule has 0 saturated carbocycles. The van der Waals surface area contributed by atoms with E-state index in [1.807, 2.05) is 6.92 Å². The van der Waals surface area contributed by atoms with E-state index in [0.29, 0.717) is 5.75 Å². The van der Waals surface area contributed by atoms with Gasteiger partial charge < -0.3 is 4.74 Å². The molecule has 1 nitrogen and oxygen atoms in total. The lowest BCUT2D eigenvalue weighted by Gasteiger charge is -2.15. The predicted molar refractivity (Wildman–Crippen MR) is 61.8 cm³/mol. The fourth-order valence-electron chi connectivity index (χ4n) is 1.55. The van der Waals surface area contributed by atoms with Crippen LogP contribution in [0.3, 0.4) is 0 Å². The van der Waals surface area contributed by atoms with Crippen molar-refractivity contribution in [1.29, 1.82) is 0 Å². The average molecular weight is 234 g/mol. The van der Waals surface area contributed by atoms with Crippen LogP contribution in [0.15, 0.2) is 48.5 Å². The van der Waals surface area contributed by atoms with Gasteiger partial charge in [-0.15, -0.1) is 0 Å². The molecule has 3 heteroatoms. The van der Waals surface area contributed by atoms with E-state index >= 15 is 0 Å². The second-order valence-corrected chi connectivity index (χ2v) is 3.77. The van der Waals surface area contributed by atoms with Crippen molar-refractivity contribution < 1.29 is 13.5 Å². The summed E-state index contributed by atoms with van der Waals surface area (Å²) in [6.45, 7) is 1.83. The molecule has 0 unspecified atom stereocenters. The number of rotatable bonds is 3. The number of benzene rings is 2. The van der Waals surface area contributed by atoms with Gasteiger partial charge in [0.1, 0.15) is 23.5 Å². The summed E-state index contributed by atoms with van der Waals surface area (Å²) >= 11 is 0. The molecular weight excluding hydrogens is 222 g/mol. The molecule has 0 spiro atoms. The van der Waals surface area contributed by atoms with Gasteiger partial charge in [-0.1, -0.05) is 18.2 Å². The van der Waals surface area contributed by atoms with Gasteiger partial charge in [-0.3, -0.25) is 0 Å². The molecule has 0 aliphatic heterocycles. The molecule has 0 heterocycles. The van der Waals surface area contributed by atoms with Gasteiger partial charge in [-0.2, -0.15) is 0 Å². The van der Waals surface area contributed by atoms with Gasteiger partial charge in [0.15, 0.2) is 0 Å². The third-order valence-electron chi connectivity index (χ3n) is 2.45. The number of halogens is 2. The first-order chi connectivity index (χ1) is 8.15. The maximum atomic E-state index is 12.9. The van der Waals surface area contributed by atoms with Crippen LogP contribution in [0.25, 0.3) is 0 Å². The lowest BCUT2D eigenvalue weighted by Crippen LogP contribution is -2.03.